The number of rotatable bonds is 7. The van der Waals surface area contributed by atoms with Gasteiger partial charge < -0.3 is 19.8 Å². The maximum atomic E-state index is 14.6. The standard InChI is InChI=1S/C20H27ClFN4O7P/c1-10(2)31-18(27)11(3)5-6-29-34(28)30-8-13-15(33-34)20(4,21)19(32-13)26-7-12(22)14-16(23)24-9-25-17(14)26/h7,9-11,13,15,19H,5-6,8H2,1-4H3,(H2,23,24,25)/t11-,13-,15-,19-,20-,34-/m1/s1. The molecule has 6 atom stereocenters. The summed E-state index contributed by atoms with van der Waals surface area (Å²) in [7, 11) is -3.99. The summed E-state index contributed by atoms with van der Waals surface area (Å²) < 4.78 is 56.7. The molecule has 2 aliphatic rings. The number of hydrogen-bond acceptors (Lipinski definition) is 10. The molecule has 2 N–H and O–H groups in total. The van der Waals surface area contributed by atoms with Crippen molar-refractivity contribution in [3.8, 4) is 0 Å². The number of nitrogens with zero attached hydrogens (tertiary/aromatic N) is 3. The predicted molar refractivity (Wildman–Crippen MR) is 119 cm³/mol. The summed E-state index contributed by atoms with van der Waals surface area (Å²) in [5.41, 5.74) is 5.99. The minimum atomic E-state index is -3.99. The Bertz CT molecular complexity index is 1130. The number of halogens is 2. The molecule has 2 aromatic rings. The van der Waals surface area contributed by atoms with E-state index in [1.54, 1.807) is 27.7 Å². The van der Waals surface area contributed by atoms with E-state index in [1.165, 1.54) is 17.1 Å². The largest absolute Gasteiger partial charge is 0.475 e. The summed E-state index contributed by atoms with van der Waals surface area (Å²) in [6.07, 6.45) is -0.135. The van der Waals surface area contributed by atoms with Crippen LogP contribution in [-0.2, 0) is 32.4 Å². The van der Waals surface area contributed by atoms with Gasteiger partial charge in [0.25, 0.3) is 0 Å². The molecule has 2 fully saturated rings. The van der Waals surface area contributed by atoms with Crippen molar-refractivity contribution in [2.45, 2.75) is 63.5 Å². The van der Waals surface area contributed by atoms with E-state index in [-0.39, 0.29) is 48.6 Å². The third-order valence-corrected chi connectivity index (χ3v) is 7.57. The molecule has 2 saturated heterocycles. The van der Waals surface area contributed by atoms with Crippen molar-refractivity contribution in [3.05, 3.63) is 18.3 Å². The summed E-state index contributed by atoms with van der Waals surface area (Å²) in [5, 5.41) is 0.0460. The lowest BCUT2D eigenvalue weighted by atomic mass is 10.0. The molecular formula is C20H27ClFN4O7P. The van der Waals surface area contributed by atoms with Gasteiger partial charge in [0.05, 0.1) is 30.6 Å². The van der Waals surface area contributed by atoms with Crippen LogP contribution >= 0.6 is 19.4 Å². The maximum Gasteiger partial charge on any atom is 0.475 e. The number of hydrogen-bond donors (Lipinski definition) is 1. The van der Waals surface area contributed by atoms with Crippen molar-refractivity contribution < 1.29 is 36.8 Å². The molecule has 4 heterocycles. The van der Waals surface area contributed by atoms with Crippen LogP contribution in [0.3, 0.4) is 0 Å². The van der Waals surface area contributed by atoms with Gasteiger partial charge in [-0.2, -0.15) is 0 Å². The SMILES string of the molecule is CC(C)OC(=O)[C@H](C)CCO[P@]1(=O)OC[C@H]2O[C@@H](n3cc(F)c4c(N)ncnc43)[C@](C)(Cl)[C@@H]2O1. The number of alkyl halides is 1. The molecule has 2 aliphatic heterocycles. The lowest BCUT2D eigenvalue weighted by Gasteiger charge is -2.34. The van der Waals surface area contributed by atoms with Gasteiger partial charge in [0.1, 0.15) is 29.2 Å². The van der Waals surface area contributed by atoms with Crippen LogP contribution in [0, 0.1) is 11.7 Å². The molecule has 34 heavy (non-hydrogen) atoms. The number of carbonyl (C=O) groups is 1. The molecule has 0 aliphatic carbocycles. The summed E-state index contributed by atoms with van der Waals surface area (Å²) >= 11 is 6.83. The van der Waals surface area contributed by atoms with E-state index in [9.17, 15) is 13.8 Å². The highest BCUT2D eigenvalue weighted by molar-refractivity contribution is 7.48. The van der Waals surface area contributed by atoms with E-state index >= 15 is 0 Å². The van der Waals surface area contributed by atoms with Gasteiger partial charge in [0.2, 0.25) is 0 Å². The molecule has 0 saturated carbocycles. The fourth-order valence-corrected chi connectivity index (χ4v) is 5.85. The van der Waals surface area contributed by atoms with Crippen LogP contribution in [0.4, 0.5) is 10.2 Å². The summed E-state index contributed by atoms with van der Waals surface area (Å²) in [5.74, 6) is -1.49. The summed E-state index contributed by atoms with van der Waals surface area (Å²) in [6.45, 7) is 6.64. The molecule has 0 bridgehead atoms. The number of esters is 1. The van der Waals surface area contributed by atoms with Crippen LogP contribution < -0.4 is 5.73 Å². The molecule has 4 rings (SSSR count). The number of carbonyl (C=O) groups excluding carboxylic acids is 1. The van der Waals surface area contributed by atoms with Crippen LogP contribution in [0.5, 0.6) is 0 Å². The number of aromatic nitrogens is 3. The number of ether oxygens (including phenoxy) is 2. The molecule has 0 radical (unpaired) electrons. The van der Waals surface area contributed by atoms with Gasteiger partial charge in [-0.1, -0.05) is 6.92 Å². The van der Waals surface area contributed by atoms with Gasteiger partial charge >= 0.3 is 13.8 Å². The Balaban J connectivity index is 1.46. The summed E-state index contributed by atoms with van der Waals surface area (Å²) in [6, 6.07) is 0. The van der Waals surface area contributed by atoms with E-state index in [2.05, 4.69) is 9.97 Å². The normalized spacial score (nSPS) is 32.1. The molecule has 188 valence electrons. The van der Waals surface area contributed by atoms with Crippen molar-refractivity contribution in [2.75, 3.05) is 18.9 Å². The monoisotopic (exact) mass is 520 g/mol. The number of phosphoric acid groups is 1. The van der Waals surface area contributed by atoms with E-state index in [4.69, 9.17) is 40.4 Å². The lowest BCUT2D eigenvalue weighted by molar-refractivity contribution is -0.152. The molecule has 11 nitrogen and oxygen atoms in total. The molecular weight excluding hydrogens is 494 g/mol. The lowest BCUT2D eigenvalue weighted by Crippen LogP contribution is -2.44. The van der Waals surface area contributed by atoms with Crippen molar-refractivity contribution in [2.24, 2.45) is 5.92 Å². The zero-order chi connectivity index (χ0) is 24.8. The number of anilines is 1. The smallest absolute Gasteiger partial charge is 0.463 e. The second-order valence-corrected chi connectivity index (χ2v) is 11.2. The van der Waals surface area contributed by atoms with Crippen LogP contribution in [0.15, 0.2) is 12.5 Å². The Morgan fingerprint density at radius 2 is 2.18 bits per heavy atom. The number of nitrogen functional groups attached to an aromatic ring is 1. The Morgan fingerprint density at radius 3 is 2.88 bits per heavy atom. The highest BCUT2D eigenvalue weighted by Gasteiger charge is 2.60. The first-order valence-electron chi connectivity index (χ1n) is 10.8. The minimum Gasteiger partial charge on any atom is -0.463 e. The van der Waals surface area contributed by atoms with Crippen molar-refractivity contribution in [1.29, 1.82) is 0 Å². The number of fused-ring (bicyclic) bond motifs is 2. The third-order valence-electron chi connectivity index (χ3n) is 5.72. The molecule has 0 aromatic carbocycles. The highest BCUT2D eigenvalue weighted by atomic mass is 35.5. The third kappa shape index (κ3) is 4.67. The number of phosphoric ester groups is 1. The molecule has 0 amide bonds. The molecule has 0 spiro atoms. The van der Waals surface area contributed by atoms with Gasteiger partial charge in [-0.3, -0.25) is 18.4 Å². The van der Waals surface area contributed by atoms with E-state index < -0.39 is 42.9 Å². The van der Waals surface area contributed by atoms with Crippen LogP contribution in [0.2, 0.25) is 0 Å². The second kappa shape index (κ2) is 9.33. The Kier molecular flexibility index (Phi) is 6.93. The van der Waals surface area contributed by atoms with E-state index in [0.29, 0.717) is 0 Å². The minimum absolute atomic E-state index is 0.0167. The first-order chi connectivity index (χ1) is 15.9. The Hall–Kier alpha value is -1.82. The zero-order valence-corrected chi connectivity index (χ0v) is 20.8. The second-order valence-electron chi connectivity index (χ2n) is 8.80. The van der Waals surface area contributed by atoms with Crippen LogP contribution in [-0.4, -0.2) is 56.9 Å². The maximum absolute atomic E-state index is 14.6. The topological polar surface area (TPSA) is 137 Å². The fraction of sp³-hybridized carbons (Fsp3) is 0.650. The van der Waals surface area contributed by atoms with Crippen LogP contribution in [0.25, 0.3) is 11.0 Å². The Morgan fingerprint density at radius 1 is 1.44 bits per heavy atom. The average Bonchev–Trinajstić information content (AvgIpc) is 3.21. The van der Waals surface area contributed by atoms with Gasteiger partial charge in [-0.05, 0) is 27.2 Å². The van der Waals surface area contributed by atoms with Gasteiger partial charge in [0, 0.05) is 6.20 Å². The summed E-state index contributed by atoms with van der Waals surface area (Å²) in [4.78, 5) is 18.6. The van der Waals surface area contributed by atoms with Gasteiger partial charge in [-0.15, -0.1) is 11.6 Å². The predicted octanol–water partition coefficient (Wildman–Crippen LogP) is 3.57. The Labute approximate surface area is 200 Å². The van der Waals surface area contributed by atoms with Crippen molar-refractivity contribution >= 4 is 42.2 Å². The molecule has 14 heteroatoms. The number of nitrogens with two attached hydrogens (primary N) is 1. The first-order valence-corrected chi connectivity index (χ1v) is 12.7. The zero-order valence-electron chi connectivity index (χ0n) is 19.1. The molecule has 2 aromatic heterocycles. The van der Waals surface area contributed by atoms with Gasteiger partial charge in [0.15, 0.2) is 17.7 Å². The highest BCUT2D eigenvalue weighted by Crippen LogP contribution is 2.60. The van der Waals surface area contributed by atoms with E-state index in [0.717, 1.165) is 0 Å². The fourth-order valence-electron chi connectivity index (χ4n) is 3.96. The van der Waals surface area contributed by atoms with Crippen LogP contribution in [0.1, 0.15) is 40.3 Å². The first kappa shape index (κ1) is 25.3. The van der Waals surface area contributed by atoms with Crippen molar-refractivity contribution in [1.82, 2.24) is 14.5 Å². The van der Waals surface area contributed by atoms with Crippen molar-refractivity contribution in [3.63, 3.8) is 0 Å². The average molecular weight is 521 g/mol. The molecule has 0 unspecified atom stereocenters. The quantitative estimate of drug-likeness (QED) is 0.327. The van der Waals surface area contributed by atoms with E-state index in [1.807, 2.05) is 0 Å². The van der Waals surface area contributed by atoms with Gasteiger partial charge in [-0.25, -0.2) is 18.9 Å².